The van der Waals surface area contributed by atoms with Gasteiger partial charge in [0.25, 0.3) is 0 Å². The van der Waals surface area contributed by atoms with Crippen molar-refractivity contribution in [2.24, 2.45) is 11.8 Å². The van der Waals surface area contributed by atoms with Crippen molar-refractivity contribution in [3.8, 4) is 0 Å². The van der Waals surface area contributed by atoms with Gasteiger partial charge in [0.05, 0.1) is 0 Å². The van der Waals surface area contributed by atoms with E-state index in [9.17, 15) is 4.79 Å². The average molecular weight is 214 g/mol. The van der Waals surface area contributed by atoms with E-state index in [-0.39, 0.29) is 0 Å². The van der Waals surface area contributed by atoms with Crippen LogP contribution < -0.4 is 0 Å². The Hall–Kier alpha value is -0.570. The fourth-order valence-corrected chi connectivity index (χ4v) is 2.24. The molecule has 0 atom stereocenters. The molecule has 0 amide bonds. The first kappa shape index (κ1) is 12.5. The summed E-state index contributed by atoms with van der Waals surface area (Å²) >= 11 is 0. The molecule has 1 rings (SSSR count). The second kappa shape index (κ2) is 6.83. The fourth-order valence-electron chi connectivity index (χ4n) is 2.24. The summed E-state index contributed by atoms with van der Waals surface area (Å²) in [6.45, 7) is 3.84. The van der Waals surface area contributed by atoms with Gasteiger partial charge in [-0.3, -0.25) is 4.79 Å². The van der Waals surface area contributed by atoms with Crippen LogP contribution in [0.3, 0.4) is 0 Å². The predicted octanol–water partition coefficient (Wildman–Crippen LogP) is 2.69. The lowest BCUT2D eigenvalue weighted by Gasteiger charge is -2.27. The summed E-state index contributed by atoms with van der Waals surface area (Å²) in [5.74, 6) is 0.423. The second-order valence-corrected chi connectivity index (χ2v) is 4.56. The Bertz CT molecular complexity index is 183. The van der Waals surface area contributed by atoms with E-state index in [1.807, 2.05) is 0 Å². The minimum atomic E-state index is -0.652. The second-order valence-electron chi connectivity index (χ2n) is 4.56. The molecule has 1 fully saturated rings. The van der Waals surface area contributed by atoms with E-state index in [1.54, 1.807) is 0 Å². The maximum absolute atomic E-state index is 10.5. The van der Waals surface area contributed by atoms with Crippen LogP contribution in [0.25, 0.3) is 0 Å². The third kappa shape index (κ3) is 5.17. The fraction of sp³-hybridized carbons (Fsp3) is 0.917. The number of rotatable bonds is 6. The Morgan fingerprint density at radius 2 is 1.87 bits per heavy atom. The highest BCUT2D eigenvalue weighted by Gasteiger charge is 2.22. The zero-order valence-electron chi connectivity index (χ0n) is 9.58. The summed E-state index contributed by atoms with van der Waals surface area (Å²) < 4.78 is 5.52. The molecule has 1 aliphatic carbocycles. The molecule has 1 N–H and O–H groups in total. The van der Waals surface area contributed by atoms with Crippen molar-refractivity contribution < 1.29 is 14.6 Å². The summed E-state index contributed by atoms with van der Waals surface area (Å²) in [5.41, 5.74) is 0. The Kier molecular flexibility index (Phi) is 5.69. The zero-order chi connectivity index (χ0) is 11.1. The lowest BCUT2D eigenvalue weighted by molar-refractivity contribution is -0.138. The maximum Gasteiger partial charge on any atom is 0.303 e. The van der Waals surface area contributed by atoms with Crippen molar-refractivity contribution in [2.75, 3.05) is 13.2 Å². The van der Waals surface area contributed by atoms with Gasteiger partial charge in [-0.15, -0.1) is 0 Å². The van der Waals surface area contributed by atoms with Crippen LogP contribution in [-0.4, -0.2) is 24.3 Å². The molecule has 0 aromatic rings. The topological polar surface area (TPSA) is 46.5 Å². The first-order valence-electron chi connectivity index (χ1n) is 6.02. The van der Waals surface area contributed by atoms with E-state index < -0.39 is 5.97 Å². The van der Waals surface area contributed by atoms with Gasteiger partial charge in [0.1, 0.15) is 0 Å². The average Bonchev–Trinajstić information content (AvgIpc) is 2.20. The maximum atomic E-state index is 10.5. The minimum Gasteiger partial charge on any atom is -0.481 e. The number of hydrogen-bond acceptors (Lipinski definition) is 2. The Labute approximate surface area is 91.8 Å². The van der Waals surface area contributed by atoms with Crippen LogP contribution in [0.4, 0.5) is 0 Å². The Morgan fingerprint density at radius 3 is 2.40 bits per heavy atom. The lowest BCUT2D eigenvalue weighted by atomic mass is 9.81. The van der Waals surface area contributed by atoms with Crippen molar-refractivity contribution in [3.05, 3.63) is 0 Å². The molecule has 0 bridgehead atoms. The van der Waals surface area contributed by atoms with Gasteiger partial charge in [0.15, 0.2) is 0 Å². The largest absolute Gasteiger partial charge is 0.481 e. The monoisotopic (exact) mass is 214 g/mol. The summed E-state index contributed by atoms with van der Waals surface area (Å²) in [7, 11) is 0. The van der Waals surface area contributed by atoms with Gasteiger partial charge in [-0.2, -0.15) is 0 Å². The van der Waals surface area contributed by atoms with Gasteiger partial charge in [0.2, 0.25) is 0 Å². The van der Waals surface area contributed by atoms with Crippen LogP contribution in [0.15, 0.2) is 0 Å². The van der Waals surface area contributed by atoms with E-state index in [1.165, 1.54) is 0 Å². The third-order valence-corrected chi connectivity index (χ3v) is 3.13. The smallest absolute Gasteiger partial charge is 0.303 e. The number of hydrogen-bond donors (Lipinski definition) is 1. The van der Waals surface area contributed by atoms with Crippen LogP contribution in [-0.2, 0) is 9.53 Å². The molecule has 3 nitrogen and oxygen atoms in total. The molecule has 1 saturated carbocycles. The molecule has 1 aliphatic rings. The van der Waals surface area contributed by atoms with E-state index in [0.29, 0.717) is 18.3 Å². The number of carbonyl (C=O) groups is 1. The summed E-state index contributed by atoms with van der Waals surface area (Å²) in [6, 6.07) is 0. The normalized spacial score (nSPS) is 26.5. The quantitative estimate of drug-likeness (QED) is 0.691. The van der Waals surface area contributed by atoms with E-state index in [0.717, 1.165) is 45.3 Å². The van der Waals surface area contributed by atoms with Gasteiger partial charge >= 0.3 is 5.97 Å². The summed E-state index contributed by atoms with van der Waals surface area (Å²) in [4.78, 5) is 10.5. The van der Waals surface area contributed by atoms with Gasteiger partial charge in [-0.05, 0) is 43.9 Å². The van der Waals surface area contributed by atoms with Crippen molar-refractivity contribution in [1.82, 2.24) is 0 Å². The SMILES string of the molecule is CCCOC[C@H]1CC[C@H](CC(=O)O)CC1. The van der Waals surface area contributed by atoms with Gasteiger partial charge in [0, 0.05) is 19.6 Å². The van der Waals surface area contributed by atoms with Gasteiger partial charge < -0.3 is 9.84 Å². The molecule has 0 unspecified atom stereocenters. The van der Waals surface area contributed by atoms with Crippen LogP contribution >= 0.6 is 0 Å². The molecule has 88 valence electrons. The van der Waals surface area contributed by atoms with E-state index in [4.69, 9.17) is 9.84 Å². The number of aliphatic carboxylic acids is 1. The predicted molar refractivity (Wildman–Crippen MR) is 58.8 cm³/mol. The van der Waals surface area contributed by atoms with Crippen molar-refractivity contribution in [2.45, 2.75) is 45.4 Å². The minimum absolute atomic E-state index is 0.350. The lowest BCUT2D eigenvalue weighted by Crippen LogP contribution is -2.20. The molecule has 0 spiro atoms. The summed E-state index contributed by atoms with van der Waals surface area (Å²) in [6.07, 6.45) is 5.83. The van der Waals surface area contributed by atoms with Crippen molar-refractivity contribution >= 4 is 5.97 Å². The standard InChI is InChI=1S/C12H22O3/c1-2-7-15-9-11-5-3-10(4-6-11)8-12(13)14/h10-11H,2-9H2,1H3,(H,13,14)/t10-,11-. The molecule has 0 heterocycles. The molecule has 0 aliphatic heterocycles. The highest BCUT2D eigenvalue weighted by atomic mass is 16.5. The highest BCUT2D eigenvalue weighted by Crippen LogP contribution is 2.30. The van der Waals surface area contributed by atoms with E-state index >= 15 is 0 Å². The molecule has 0 radical (unpaired) electrons. The van der Waals surface area contributed by atoms with Gasteiger partial charge in [-0.1, -0.05) is 6.92 Å². The molecule has 0 saturated heterocycles. The third-order valence-electron chi connectivity index (χ3n) is 3.13. The first-order chi connectivity index (χ1) is 7.22. The first-order valence-corrected chi connectivity index (χ1v) is 6.02. The molecular weight excluding hydrogens is 192 g/mol. The van der Waals surface area contributed by atoms with Crippen molar-refractivity contribution in [1.29, 1.82) is 0 Å². The molecule has 0 aromatic carbocycles. The number of ether oxygens (including phenoxy) is 1. The molecule has 0 aromatic heterocycles. The Morgan fingerprint density at radius 1 is 1.27 bits per heavy atom. The van der Waals surface area contributed by atoms with Crippen LogP contribution in [0.1, 0.15) is 45.4 Å². The molecule has 3 heteroatoms. The van der Waals surface area contributed by atoms with E-state index in [2.05, 4.69) is 6.92 Å². The van der Waals surface area contributed by atoms with Crippen molar-refractivity contribution in [3.63, 3.8) is 0 Å². The number of carboxylic acid groups (broad SMARTS) is 1. The van der Waals surface area contributed by atoms with Crippen LogP contribution in [0.2, 0.25) is 0 Å². The number of carboxylic acids is 1. The highest BCUT2D eigenvalue weighted by molar-refractivity contribution is 5.67. The van der Waals surface area contributed by atoms with Gasteiger partial charge in [-0.25, -0.2) is 0 Å². The van der Waals surface area contributed by atoms with Crippen LogP contribution in [0.5, 0.6) is 0 Å². The zero-order valence-corrected chi connectivity index (χ0v) is 9.58. The summed E-state index contributed by atoms with van der Waals surface area (Å²) in [5, 5.41) is 8.68. The Balaban J connectivity index is 2.10. The van der Waals surface area contributed by atoms with Crippen LogP contribution in [0, 0.1) is 11.8 Å². The molecular formula is C12H22O3. The molecule has 15 heavy (non-hydrogen) atoms.